The first kappa shape index (κ1) is 19.4. The van der Waals surface area contributed by atoms with Crippen LogP contribution in [0.25, 0.3) is 0 Å². The molecule has 0 fully saturated rings. The molecule has 0 heterocycles. The van der Waals surface area contributed by atoms with E-state index in [-0.39, 0.29) is 24.5 Å². The highest BCUT2D eigenvalue weighted by Gasteiger charge is 2.31. The van der Waals surface area contributed by atoms with Gasteiger partial charge in [0, 0.05) is 25.7 Å². The van der Waals surface area contributed by atoms with Crippen LogP contribution in [0, 0.1) is 0 Å². The van der Waals surface area contributed by atoms with E-state index in [9.17, 15) is 26.4 Å². The predicted molar refractivity (Wildman–Crippen MR) is 81.6 cm³/mol. The zero-order chi connectivity index (χ0) is 17.7. The number of hydrogen-bond donors (Lipinski definition) is 1. The molecule has 1 N–H and O–H groups in total. The maximum Gasteiger partial charge on any atom is 0.416 e. The number of halogens is 3. The molecule has 0 aliphatic rings. The van der Waals surface area contributed by atoms with Crippen LogP contribution in [0.2, 0.25) is 0 Å². The summed E-state index contributed by atoms with van der Waals surface area (Å²) < 4.78 is 63.6. The van der Waals surface area contributed by atoms with E-state index in [0.29, 0.717) is 6.42 Å². The van der Waals surface area contributed by atoms with Crippen LogP contribution in [0.5, 0.6) is 0 Å². The molecule has 0 aliphatic carbocycles. The molecule has 0 spiro atoms. The lowest BCUT2D eigenvalue weighted by Crippen LogP contribution is -2.38. The molecule has 0 unspecified atom stereocenters. The van der Waals surface area contributed by atoms with Crippen LogP contribution in [0.15, 0.2) is 24.3 Å². The number of carbonyl (C=O) groups excluding carboxylic acids is 1. The largest absolute Gasteiger partial charge is 0.416 e. The Balaban J connectivity index is 2.86. The quantitative estimate of drug-likeness (QED) is 0.819. The summed E-state index contributed by atoms with van der Waals surface area (Å²) in [6.07, 6.45) is -4.07. The van der Waals surface area contributed by atoms with Crippen molar-refractivity contribution >= 4 is 21.6 Å². The summed E-state index contributed by atoms with van der Waals surface area (Å²) >= 11 is 0. The fraction of sp³-hybridized carbons (Fsp3) is 0.500. The van der Waals surface area contributed by atoms with E-state index in [4.69, 9.17) is 0 Å². The van der Waals surface area contributed by atoms with Gasteiger partial charge in [0.1, 0.15) is 0 Å². The van der Waals surface area contributed by atoms with Gasteiger partial charge in [-0.25, -0.2) is 13.1 Å². The molecule has 1 aromatic carbocycles. The van der Waals surface area contributed by atoms with Gasteiger partial charge in [0.15, 0.2) is 0 Å². The highest BCUT2D eigenvalue weighted by molar-refractivity contribution is 7.89. The van der Waals surface area contributed by atoms with Crippen molar-refractivity contribution in [3.63, 3.8) is 0 Å². The topological polar surface area (TPSA) is 66.5 Å². The molecule has 0 saturated carbocycles. The second kappa shape index (κ2) is 7.78. The number of carbonyl (C=O) groups is 1. The van der Waals surface area contributed by atoms with Crippen molar-refractivity contribution in [3.05, 3.63) is 29.8 Å². The summed E-state index contributed by atoms with van der Waals surface area (Å²) in [5.74, 6) is -0.518. The van der Waals surface area contributed by atoms with E-state index in [1.165, 1.54) is 19.1 Å². The average molecular weight is 352 g/mol. The van der Waals surface area contributed by atoms with E-state index in [1.54, 1.807) is 6.92 Å². The summed E-state index contributed by atoms with van der Waals surface area (Å²) in [4.78, 5) is 12.8. The van der Waals surface area contributed by atoms with Crippen molar-refractivity contribution in [1.82, 2.24) is 4.72 Å². The Morgan fingerprint density at radius 1 is 1.30 bits per heavy atom. The second-order valence-corrected chi connectivity index (χ2v) is 6.86. The zero-order valence-electron chi connectivity index (χ0n) is 12.9. The van der Waals surface area contributed by atoms with Gasteiger partial charge in [-0.3, -0.25) is 4.79 Å². The summed E-state index contributed by atoms with van der Waals surface area (Å²) in [5, 5.41) is 0. The van der Waals surface area contributed by atoms with Gasteiger partial charge >= 0.3 is 6.18 Å². The number of alkyl halides is 3. The summed E-state index contributed by atoms with van der Waals surface area (Å²) in [7, 11) is -3.43. The van der Waals surface area contributed by atoms with E-state index in [2.05, 4.69) is 4.72 Å². The van der Waals surface area contributed by atoms with Gasteiger partial charge in [-0.15, -0.1) is 0 Å². The lowest BCUT2D eigenvalue weighted by molar-refractivity contribution is -0.137. The molecular weight excluding hydrogens is 333 g/mol. The Labute approximate surface area is 133 Å². The Hall–Kier alpha value is -1.61. The van der Waals surface area contributed by atoms with Crippen molar-refractivity contribution in [2.75, 3.05) is 23.7 Å². The van der Waals surface area contributed by atoms with E-state index in [1.807, 2.05) is 0 Å². The smallest absolute Gasteiger partial charge is 0.311 e. The number of hydrogen-bond acceptors (Lipinski definition) is 3. The minimum atomic E-state index is -4.51. The van der Waals surface area contributed by atoms with Gasteiger partial charge in [-0.2, -0.15) is 13.2 Å². The number of rotatable bonds is 7. The molecule has 1 rings (SSSR count). The van der Waals surface area contributed by atoms with E-state index in [0.717, 1.165) is 17.0 Å². The van der Waals surface area contributed by atoms with Gasteiger partial charge in [-0.05, 0) is 24.6 Å². The van der Waals surface area contributed by atoms with Gasteiger partial charge in [0.05, 0.1) is 11.3 Å². The number of nitrogens with zero attached hydrogens (tertiary/aromatic N) is 1. The zero-order valence-corrected chi connectivity index (χ0v) is 13.7. The first-order valence-corrected chi connectivity index (χ1v) is 8.64. The number of amides is 1. The molecule has 23 heavy (non-hydrogen) atoms. The van der Waals surface area contributed by atoms with E-state index < -0.39 is 27.7 Å². The van der Waals surface area contributed by atoms with Gasteiger partial charge in [0.2, 0.25) is 15.9 Å². The molecule has 5 nitrogen and oxygen atoms in total. The second-order valence-electron chi connectivity index (χ2n) is 4.93. The average Bonchev–Trinajstić information content (AvgIpc) is 2.42. The number of nitrogens with one attached hydrogen (secondary N) is 1. The number of anilines is 1. The number of sulfonamides is 1. The van der Waals surface area contributed by atoms with Crippen molar-refractivity contribution in [1.29, 1.82) is 0 Å². The third kappa shape index (κ3) is 6.19. The van der Waals surface area contributed by atoms with Gasteiger partial charge in [0.25, 0.3) is 0 Å². The molecule has 1 amide bonds. The molecule has 0 saturated heterocycles. The molecule has 0 bridgehead atoms. The predicted octanol–water partition coefficient (Wildman–Crippen LogP) is 2.39. The Morgan fingerprint density at radius 3 is 2.48 bits per heavy atom. The lowest BCUT2D eigenvalue weighted by Gasteiger charge is -2.22. The highest BCUT2D eigenvalue weighted by atomic mass is 32.2. The normalized spacial score (nSPS) is 12.2. The maximum atomic E-state index is 12.7. The molecule has 130 valence electrons. The first-order chi connectivity index (χ1) is 10.6. The summed E-state index contributed by atoms with van der Waals surface area (Å²) in [6, 6.07) is 4.35. The Kier molecular flexibility index (Phi) is 6.57. The third-order valence-electron chi connectivity index (χ3n) is 3.00. The third-order valence-corrected chi connectivity index (χ3v) is 4.59. The monoisotopic (exact) mass is 352 g/mol. The molecule has 0 aromatic heterocycles. The minimum absolute atomic E-state index is 0.0450. The Bertz CT molecular complexity index is 645. The van der Waals surface area contributed by atoms with Crippen LogP contribution >= 0.6 is 0 Å². The molecule has 0 atom stereocenters. The molecular formula is C14H19F3N2O3S. The lowest BCUT2D eigenvalue weighted by atomic mass is 10.2. The van der Waals surface area contributed by atoms with Crippen LogP contribution in [0.4, 0.5) is 18.9 Å². The van der Waals surface area contributed by atoms with Crippen LogP contribution in [0.1, 0.15) is 25.8 Å². The van der Waals surface area contributed by atoms with Crippen molar-refractivity contribution in [3.8, 4) is 0 Å². The fourth-order valence-electron chi connectivity index (χ4n) is 1.97. The SMILES string of the molecule is CCCS(=O)(=O)NCCN(C(C)=O)c1cccc(C(F)(F)F)c1. The molecule has 9 heteroatoms. The highest BCUT2D eigenvalue weighted by Crippen LogP contribution is 2.31. The van der Waals surface area contributed by atoms with Crippen molar-refractivity contribution in [2.24, 2.45) is 0 Å². The fourth-order valence-corrected chi connectivity index (χ4v) is 3.06. The van der Waals surface area contributed by atoms with Crippen molar-refractivity contribution in [2.45, 2.75) is 26.4 Å². The summed E-state index contributed by atoms with van der Waals surface area (Å²) in [6.45, 7) is 2.79. The number of benzene rings is 1. The van der Waals surface area contributed by atoms with E-state index >= 15 is 0 Å². The van der Waals surface area contributed by atoms with Gasteiger partial charge < -0.3 is 4.90 Å². The van der Waals surface area contributed by atoms with Crippen molar-refractivity contribution < 1.29 is 26.4 Å². The maximum absolute atomic E-state index is 12.7. The van der Waals surface area contributed by atoms with Crippen LogP contribution in [-0.2, 0) is 21.0 Å². The molecule has 1 aromatic rings. The molecule has 0 aliphatic heterocycles. The van der Waals surface area contributed by atoms with Crippen LogP contribution in [0.3, 0.4) is 0 Å². The van der Waals surface area contributed by atoms with Crippen LogP contribution in [-0.4, -0.2) is 33.2 Å². The summed E-state index contributed by atoms with van der Waals surface area (Å²) in [5.41, 5.74) is -0.796. The minimum Gasteiger partial charge on any atom is -0.311 e. The standard InChI is InChI=1S/C14H19F3N2O3S/c1-3-9-23(21,22)18-7-8-19(11(2)20)13-6-4-5-12(10-13)14(15,16)17/h4-6,10,18H,3,7-9H2,1-2H3. The van der Waals surface area contributed by atoms with Gasteiger partial charge in [-0.1, -0.05) is 13.0 Å². The molecule has 0 radical (unpaired) electrons. The first-order valence-electron chi connectivity index (χ1n) is 6.99. The van der Waals surface area contributed by atoms with Crippen LogP contribution < -0.4 is 9.62 Å². The Morgan fingerprint density at radius 2 is 1.96 bits per heavy atom.